The van der Waals surface area contributed by atoms with Gasteiger partial charge in [-0.05, 0) is 18.6 Å². The van der Waals surface area contributed by atoms with Gasteiger partial charge in [0.2, 0.25) is 0 Å². The molecule has 0 radical (unpaired) electrons. The van der Waals surface area contributed by atoms with Crippen LogP contribution in [-0.4, -0.2) is 22.4 Å². The zero-order valence-corrected chi connectivity index (χ0v) is 6.15. The smallest absolute Gasteiger partial charge is 0.118 e. The lowest BCUT2D eigenvalue weighted by atomic mass is 9.94. The number of hydrogen-bond acceptors (Lipinski definition) is 3. The molecule has 0 spiro atoms. The molecule has 58 valence electrons. The Morgan fingerprint density at radius 2 is 2.00 bits per heavy atom. The van der Waals surface area contributed by atoms with Gasteiger partial charge in [-0.3, -0.25) is 0 Å². The van der Waals surface area contributed by atoms with E-state index in [9.17, 15) is 10.2 Å². The maximum absolute atomic E-state index is 9.24. The standard InChI is InChI=1S/C8H9NO2/c1-5-2-3-6(4-9)8(11)7(5)10/h2-3,7-8,10-11H,1H3/t7-,8+/m0/s1. The average Bonchev–Trinajstić information content (AvgIpc) is 2.01. The van der Waals surface area contributed by atoms with Crippen molar-refractivity contribution in [1.82, 2.24) is 0 Å². The van der Waals surface area contributed by atoms with Crippen molar-refractivity contribution in [3.63, 3.8) is 0 Å². The van der Waals surface area contributed by atoms with Gasteiger partial charge in [0.05, 0.1) is 11.6 Å². The maximum atomic E-state index is 9.24. The summed E-state index contributed by atoms with van der Waals surface area (Å²) in [6.07, 6.45) is 1.18. The van der Waals surface area contributed by atoms with E-state index in [1.54, 1.807) is 13.0 Å². The van der Waals surface area contributed by atoms with Crippen LogP contribution in [-0.2, 0) is 0 Å². The maximum Gasteiger partial charge on any atom is 0.118 e. The Labute approximate surface area is 64.9 Å². The molecule has 0 saturated heterocycles. The number of hydrogen-bond donors (Lipinski definition) is 2. The SMILES string of the molecule is CC1=CC=C(C#N)[C@@H](O)[C@H]1O. The van der Waals surface area contributed by atoms with Gasteiger partial charge in [-0.15, -0.1) is 0 Å². The Morgan fingerprint density at radius 1 is 1.36 bits per heavy atom. The summed E-state index contributed by atoms with van der Waals surface area (Å²) < 4.78 is 0. The second-order valence-corrected chi connectivity index (χ2v) is 2.53. The van der Waals surface area contributed by atoms with E-state index >= 15 is 0 Å². The molecule has 1 aliphatic carbocycles. The third kappa shape index (κ3) is 1.32. The molecule has 11 heavy (non-hydrogen) atoms. The molecule has 0 saturated carbocycles. The van der Waals surface area contributed by atoms with E-state index in [-0.39, 0.29) is 5.57 Å². The molecular weight excluding hydrogens is 142 g/mol. The van der Waals surface area contributed by atoms with Gasteiger partial charge in [0, 0.05) is 0 Å². The molecule has 0 aromatic heterocycles. The predicted molar refractivity (Wildman–Crippen MR) is 39.5 cm³/mol. The Bertz CT molecular complexity index is 260. The monoisotopic (exact) mass is 151 g/mol. The predicted octanol–water partition coefficient (Wildman–Crippen LogP) is 0.118. The van der Waals surface area contributed by atoms with Gasteiger partial charge >= 0.3 is 0 Å². The Kier molecular flexibility index (Phi) is 2.08. The van der Waals surface area contributed by atoms with Crippen molar-refractivity contribution in [1.29, 1.82) is 5.26 Å². The van der Waals surface area contributed by atoms with Gasteiger partial charge in [0.15, 0.2) is 0 Å². The van der Waals surface area contributed by atoms with E-state index in [2.05, 4.69) is 0 Å². The fourth-order valence-electron chi connectivity index (χ4n) is 0.941. The van der Waals surface area contributed by atoms with Crippen LogP contribution >= 0.6 is 0 Å². The topological polar surface area (TPSA) is 64.2 Å². The lowest BCUT2D eigenvalue weighted by Gasteiger charge is -2.20. The van der Waals surface area contributed by atoms with Crippen LogP contribution < -0.4 is 0 Å². The summed E-state index contributed by atoms with van der Waals surface area (Å²) in [5.41, 5.74) is 0.889. The van der Waals surface area contributed by atoms with Crippen LogP contribution in [0.15, 0.2) is 23.3 Å². The normalized spacial score (nSPS) is 30.4. The van der Waals surface area contributed by atoms with E-state index in [1.165, 1.54) is 6.08 Å². The summed E-state index contributed by atoms with van der Waals surface area (Å²) in [7, 11) is 0. The first-order valence-corrected chi connectivity index (χ1v) is 3.31. The van der Waals surface area contributed by atoms with Gasteiger partial charge < -0.3 is 10.2 Å². The van der Waals surface area contributed by atoms with Crippen LogP contribution in [0.4, 0.5) is 0 Å². The van der Waals surface area contributed by atoms with Crippen molar-refractivity contribution < 1.29 is 10.2 Å². The second kappa shape index (κ2) is 2.87. The van der Waals surface area contributed by atoms with Crippen LogP contribution in [0.3, 0.4) is 0 Å². The van der Waals surface area contributed by atoms with E-state index in [4.69, 9.17) is 5.26 Å². The molecule has 0 aromatic rings. The Balaban J connectivity index is 2.95. The molecular formula is C8H9NO2. The highest BCUT2D eigenvalue weighted by molar-refractivity contribution is 5.38. The number of allylic oxidation sites excluding steroid dienone is 2. The van der Waals surface area contributed by atoms with Crippen molar-refractivity contribution in [2.45, 2.75) is 19.1 Å². The molecule has 3 heteroatoms. The third-order valence-corrected chi connectivity index (χ3v) is 1.74. The molecule has 3 nitrogen and oxygen atoms in total. The number of aliphatic hydroxyl groups is 2. The fourth-order valence-corrected chi connectivity index (χ4v) is 0.941. The van der Waals surface area contributed by atoms with Crippen molar-refractivity contribution in [2.24, 2.45) is 0 Å². The van der Waals surface area contributed by atoms with E-state index in [1.807, 2.05) is 6.07 Å². The first kappa shape index (κ1) is 7.99. The molecule has 1 aliphatic rings. The summed E-state index contributed by atoms with van der Waals surface area (Å²) in [6.45, 7) is 1.71. The van der Waals surface area contributed by atoms with Gasteiger partial charge in [-0.1, -0.05) is 6.08 Å². The van der Waals surface area contributed by atoms with Crippen LogP contribution in [0.2, 0.25) is 0 Å². The van der Waals surface area contributed by atoms with E-state index in [0.717, 1.165) is 0 Å². The van der Waals surface area contributed by atoms with Crippen molar-refractivity contribution in [3.8, 4) is 6.07 Å². The molecule has 0 bridgehead atoms. The lowest BCUT2D eigenvalue weighted by molar-refractivity contribution is 0.0667. The van der Waals surface area contributed by atoms with Crippen molar-refractivity contribution >= 4 is 0 Å². The minimum absolute atomic E-state index is 0.211. The number of rotatable bonds is 0. The summed E-state index contributed by atoms with van der Waals surface area (Å²) in [4.78, 5) is 0. The molecule has 0 aromatic carbocycles. The highest BCUT2D eigenvalue weighted by atomic mass is 16.3. The van der Waals surface area contributed by atoms with Crippen LogP contribution in [0, 0.1) is 11.3 Å². The Hall–Kier alpha value is -1.11. The molecule has 2 N–H and O–H groups in total. The highest BCUT2D eigenvalue weighted by Crippen LogP contribution is 2.18. The summed E-state index contributed by atoms with van der Waals surface area (Å²) in [6, 6.07) is 1.81. The lowest BCUT2D eigenvalue weighted by Crippen LogP contribution is -2.30. The average molecular weight is 151 g/mol. The van der Waals surface area contributed by atoms with E-state index < -0.39 is 12.2 Å². The molecule has 0 heterocycles. The quantitative estimate of drug-likeness (QED) is 0.516. The largest absolute Gasteiger partial charge is 0.386 e. The minimum Gasteiger partial charge on any atom is -0.386 e. The first-order valence-electron chi connectivity index (χ1n) is 3.31. The fraction of sp³-hybridized carbons (Fsp3) is 0.375. The van der Waals surface area contributed by atoms with Crippen LogP contribution in [0.1, 0.15) is 6.92 Å². The minimum atomic E-state index is -1.05. The van der Waals surface area contributed by atoms with Gasteiger partial charge in [-0.2, -0.15) is 5.26 Å². The summed E-state index contributed by atoms with van der Waals surface area (Å²) in [5, 5.41) is 26.9. The molecule has 1 rings (SSSR count). The number of nitrogens with zero attached hydrogens (tertiary/aromatic N) is 1. The second-order valence-electron chi connectivity index (χ2n) is 2.53. The molecule has 2 atom stereocenters. The van der Waals surface area contributed by atoms with Gasteiger partial charge in [0.1, 0.15) is 12.2 Å². The molecule has 0 aliphatic heterocycles. The summed E-state index contributed by atoms with van der Waals surface area (Å²) in [5.74, 6) is 0. The summed E-state index contributed by atoms with van der Waals surface area (Å²) >= 11 is 0. The van der Waals surface area contributed by atoms with Gasteiger partial charge in [0.25, 0.3) is 0 Å². The molecule has 0 unspecified atom stereocenters. The van der Waals surface area contributed by atoms with Crippen molar-refractivity contribution in [2.75, 3.05) is 0 Å². The molecule has 0 fully saturated rings. The number of nitriles is 1. The molecule has 0 amide bonds. The van der Waals surface area contributed by atoms with Crippen LogP contribution in [0.5, 0.6) is 0 Å². The first-order chi connectivity index (χ1) is 5.16. The van der Waals surface area contributed by atoms with Crippen molar-refractivity contribution in [3.05, 3.63) is 23.3 Å². The van der Waals surface area contributed by atoms with E-state index in [0.29, 0.717) is 5.57 Å². The zero-order valence-electron chi connectivity index (χ0n) is 6.15. The number of aliphatic hydroxyl groups excluding tert-OH is 2. The zero-order chi connectivity index (χ0) is 8.43. The Morgan fingerprint density at radius 3 is 2.55 bits per heavy atom. The van der Waals surface area contributed by atoms with Crippen LogP contribution in [0.25, 0.3) is 0 Å². The third-order valence-electron chi connectivity index (χ3n) is 1.74. The highest BCUT2D eigenvalue weighted by Gasteiger charge is 2.24. The van der Waals surface area contributed by atoms with Gasteiger partial charge in [-0.25, -0.2) is 0 Å².